The van der Waals surface area contributed by atoms with E-state index in [9.17, 15) is 4.79 Å². The zero-order chi connectivity index (χ0) is 15.7. The number of rotatable bonds is 10. The van der Waals surface area contributed by atoms with Gasteiger partial charge in [-0.2, -0.15) is 0 Å². The second kappa shape index (κ2) is 9.49. The number of thioether (sulfide) groups is 1. The minimum atomic E-state index is -0.573. The van der Waals surface area contributed by atoms with Crippen molar-refractivity contribution in [3.63, 3.8) is 0 Å². The summed E-state index contributed by atoms with van der Waals surface area (Å²) in [4.78, 5) is 12.9. The van der Waals surface area contributed by atoms with E-state index in [0.29, 0.717) is 0 Å². The number of benzene rings is 1. The topological polar surface area (TPSA) is 55.1 Å². The summed E-state index contributed by atoms with van der Waals surface area (Å²) in [7, 11) is 0. The van der Waals surface area contributed by atoms with E-state index < -0.39 is 5.54 Å². The molecule has 1 aromatic carbocycles. The number of amides is 1. The van der Waals surface area contributed by atoms with E-state index in [1.54, 1.807) is 0 Å². The van der Waals surface area contributed by atoms with Gasteiger partial charge in [-0.3, -0.25) is 4.79 Å². The number of nitrogens with one attached hydrogen (secondary N) is 1. The Morgan fingerprint density at radius 1 is 1.43 bits per heavy atom. The monoisotopic (exact) mass is 372 g/mol. The standard InChI is InChI=1S/C16H25BrN2OS/c1-3-10-19-16(2,15(18)20)9-4-5-11-21-14-8-6-7-13(17)12-14/h6-8,12,19H,3-5,9-11H2,1-2H3,(H2,18,20). The van der Waals surface area contributed by atoms with Crippen LogP contribution in [0, 0.1) is 0 Å². The van der Waals surface area contributed by atoms with Crippen molar-refractivity contribution in [1.82, 2.24) is 5.32 Å². The molecule has 0 radical (unpaired) electrons. The van der Waals surface area contributed by atoms with E-state index in [0.717, 1.165) is 42.5 Å². The Hall–Kier alpha value is -0.520. The van der Waals surface area contributed by atoms with Gasteiger partial charge < -0.3 is 11.1 Å². The average molecular weight is 373 g/mol. The molecule has 1 rings (SSSR count). The van der Waals surface area contributed by atoms with Crippen LogP contribution in [-0.4, -0.2) is 23.7 Å². The van der Waals surface area contributed by atoms with Crippen molar-refractivity contribution in [1.29, 1.82) is 0 Å². The highest BCUT2D eigenvalue weighted by Crippen LogP contribution is 2.24. The van der Waals surface area contributed by atoms with E-state index >= 15 is 0 Å². The third-order valence-corrected chi connectivity index (χ3v) is 5.02. The van der Waals surface area contributed by atoms with Crippen LogP contribution >= 0.6 is 27.7 Å². The molecule has 0 aliphatic heterocycles. The van der Waals surface area contributed by atoms with Gasteiger partial charge in [0.05, 0.1) is 5.54 Å². The normalized spacial score (nSPS) is 13.9. The molecule has 21 heavy (non-hydrogen) atoms. The van der Waals surface area contributed by atoms with Gasteiger partial charge in [-0.05, 0) is 56.7 Å². The molecular formula is C16H25BrN2OS. The maximum Gasteiger partial charge on any atom is 0.237 e. The van der Waals surface area contributed by atoms with Crippen LogP contribution in [0.4, 0.5) is 0 Å². The van der Waals surface area contributed by atoms with Crippen LogP contribution in [0.3, 0.4) is 0 Å². The predicted octanol–water partition coefficient (Wildman–Crippen LogP) is 3.96. The quantitative estimate of drug-likeness (QED) is 0.482. The van der Waals surface area contributed by atoms with Crippen molar-refractivity contribution in [3.05, 3.63) is 28.7 Å². The number of unbranched alkanes of at least 4 members (excludes halogenated alkanes) is 1. The highest BCUT2D eigenvalue weighted by Gasteiger charge is 2.29. The van der Waals surface area contributed by atoms with Crippen LogP contribution in [0.5, 0.6) is 0 Å². The molecular weight excluding hydrogens is 348 g/mol. The summed E-state index contributed by atoms with van der Waals surface area (Å²) in [5.74, 6) is 0.801. The summed E-state index contributed by atoms with van der Waals surface area (Å²) in [5.41, 5.74) is 4.95. The van der Waals surface area contributed by atoms with Crippen LogP contribution in [0.15, 0.2) is 33.6 Å². The Morgan fingerprint density at radius 3 is 2.81 bits per heavy atom. The number of carbonyl (C=O) groups is 1. The summed E-state index contributed by atoms with van der Waals surface area (Å²) in [6.45, 7) is 4.82. The molecule has 3 N–H and O–H groups in total. The van der Waals surface area contributed by atoms with Crippen LogP contribution in [0.2, 0.25) is 0 Å². The van der Waals surface area contributed by atoms with Crippen molar-refractivity contribution in [2.45, 2.75) is 50.0 Å². The zero-order valence-corrected chi connectivity index (χ0v) is 15.2. The lowest BCUT2D eigenvalue weighted by atomic mass is 9.94. The molecule has 1 unspecified atom stereocenters. The Bertz CT molecular complexity index is 456. The van der Waals surface area contributed by atoms with E-state index in [2.05, 4.69) is 40.3 Å². The fourth-order valence-electron chi connectivity index (χ4n) is 2.03. The SMILES string of the molecule is CCCNC(C)(CCCCSc1cccc(Br)c1)C(N)=O. The predicted molar refractivity (Wildman–Crippen MR) is 94.6 cm³/mol. The molecule has 0 aliphatic rings. The minimum Gasteiger partial charge on any atom is -0.368 e. The van der Waals surface area contributed by atoms with Gasteiger partial charge in [0.1, 0.15) is 0 Å². The summed E-state index contributed by atoms with van der Waals surface area (Å²) < 4.78 is 1.11. The Morgan fingerprint density at radius 2 is 2.19 bits per heavy atom. The molecule has 0 spiro atoms. The summed E-state index contributed by atoms with van der Waals surface area (Å²) in [6, 6.07) is 8.32. The zero-order valence-electron chi connectivity index (χ0n) is 12.8. The lowest BCUT2D eigenvalue weighted by molar-refractivity contribution is -0.124. The van der Waals surface area contributed by atoms with Gasteiger partial charge in [0.2, 0.25) is 5.91 Å². The van der Waals surface area contributed by atoms with E-state index in [4.69, 9.17) is 5.73 Å². The van der Waals surface area contributed by atoms with Gasteiger partial charge in [-0.25, -0.2) is 0 Å². The number of hydrogen-bond donors (Lipinski definition) is 2. The second-order valence-corrected chi connectivity index (χ2v) is 7.47. The van der Waals surface area contributed by atoms with Gasteiger partial charge in [0.15, 0.2) is 0 Å². The van der Waals surface area contributed by atoms with Gasteiger partial charge in [0, 0.05) is 9.37 Å². The lowest BCUT2D eigenvalue weighted by Crippen LogP contribution is -2.53. The van der Waals surface area contributed by atoms with Crippen molar-refractivity contribution >= 4 is 33.6 Å². The summed E-state index contributed by atoms with van der Waals surface area (Å²) >= 11 is 5.32. The van der Waals surface area contributed by atoms with E-state index in [1.165, 1.54) is 4.90 Å². The first-order valence-electron chi connectivity index (χ1n) is 7.41. The fraction of sp³-hybridized carbons (Fsp3) is 0.562. The first-order chi connectivity index (χ1) is 9.98. The average Bonchev–Trinajstić information content (AvgIpc) is 2.44. The smallest absolute Gasteiger partial charge is 0.237 e. The molecule has 0 heterocycles. The Kier molecular flexibility index (Phi) is 8.37. The molecule has 0 bridgehead atoms. The van der Waals surface area contributed by atoms with Crippen LogP contribution in [0.1, 0.15) is 39.5 Å². The molecule has 0 fully saturated rings. The molecule has 3 nitrogen and oxygen atoms in total. The van der Waals surface area contributed by atoms with E-state index in [-0.39, 0.29) is 5.91 Å². The largest absolute Gasteiger partial charge is 0.368 e. The molecule has 0 aliphatic carbocycles. The highest BCUT2D eigenvalue weighted by atomic mass is 79.9. The number of primary amides is 1. The maximum absolute atomic E-state index is 11.6. The van der Waals surface area contributed by atoms with Crippen molar-refractivity contribution < 1.29 is 4.79 Å². The van der Waals surface area contributed by atoms with Gasteiger partial charge >= 0.3 is 0 Å². The molecule has 1 aromatic rings. The number of nitrogens with two attached hydrogens (primary N) is 1. The van der Waals surface area contributed by atoms with Gasteiger partial charge in [0.25, 0.3) is 0 Å². The van der Waals surface area contributed by atoms with Crippen LogP contribution in [0.25, 0.3) is 0 Å². The third-order valence-electron chi connectivity index (χ3n) is 3.44. The molecule has 1 amide bonds. The summed E-state index contributed by atoms with van der Waals surface area (Å²) in [5, 5.41) is 3.27. The van der Waals surface area contributed by atoms with Gasteiger partial charge in [-0.15, -0.1) is 11.8 Å². The summed E-state index contributed by atoms with van der Waals surface area (Å²) in [6.07, 6.45) is 3.87. The second-order valence-electron chi connectivity index (χ2n) is 5.39. The Labute approximate surface area is 140 Å². The minimum absolute atomic E-state index is 0.254. The molecule has 5 heteroatoms. The number of carbonyl (C=O) groups excluding carboxylic acids is 1. The fourth-order valence-corrected chi connectivity index (χ4v) is 3.55. The molecule has 0 aromatic heterocycles. The van der Waals surface area contributed by atoms with Crippen LogP contribution in [-0.2, 0) is 4.79 Å². The van der Waals surface area contributed by atoms with Gasteiger partial charge in [-0.1, -0.05) is 35.3 Å². The van der Waals surface area contributed by atoms with Crippen molar-refractivity contribution in [3.8, 4) is 0 Å². The van der Waals surface area contributed by atoms with Crippen LogP contribution < -0.4 is 11.1 Å². The molecule has 1 atom stereocenters. The number of hydrogen-bond acceptors (Lipinski definition) is 3. The lowest BCUT2D eigenvalue weighted by Gasteiger charge is -2.27. The highest BCUT2D eigenvalue weighted by molar-refractivity contribution is 9.10. The number of halogens is 1. The van der Waals surface area contributed by atoms with E-state index in [1.807, 2.05) is 30.8 Å². The maximum atomic E-state index is 11.6. The van der Waals surface area contributed by atoms with Crippen molar-refractivity contribution in [2.24, 2.45) is 5.73 Å². The third kappa shape index (κ3) is 6.85. The van der Waals surface area contributed by atoms with Crippen molar-refractivity contribution in [2.75, 3.05) is 12.3 Å². The Balaban J connectivity index is 2.30. The molecule has 0 saturated heterocycles. The first-order valence-corrected chi connectivity index (χ1v) is 9.19. The molecule has 0 saturated carbocycles. The molecule has 118 valence electrons. The first kappa shape index (κ1) is 18.5.